The van der Waals surface area contributed by atoms with Gasteiger partial charge in [0.1, 0.15) is 11.6 Å². The molecule has 1 saturated heterocycles. The van der Waals surface area contributed by atoms with Crippen molar-refractivity contribution in [2.75, 3.05) is 20.2 Å². The lowest BCUT2D eigenvalue weighted by molar-refractivity contribution is 0.0994. The van der Waals surface area contributed by atoms with E-state index >= 15 is 0 Å². The van der Waals surface area contributed by atoms with Crippen molar-refractivity contribution in [1.29, 1.82) is 0 Å². The van der Waals surface area contributed by atoms with E-state index in [0.29, 0.717) is 6.10 Å². The molecule has 1 fully saturated rings. The maximum Gasteiger partial charge on any atom is 0.150 e. The molecule has 2 rings (SSSR count). The van der Waals surface area contributed by atoms with Gasteiger partial charge in [0.25, 0.3) is 0 Å². The van der Waals surface area contributed by atoms with Gasteiger partial charge in [-0.15, -0.1) is 0 Å². The van der Waals surface area contributed by atoms with Gasteiger partial charge in [-0.3, -0.25) is 10.00 Å². The smallest absolute Gasteiger partial charge is 0.150 e. The molecule has 0 aromatic carbocycles. The van der Waals surface area contributed by atoms with E-state index in [2.05, 4.69) is 34.1 Å². The van der Waals surface area contributed by atoms with E-state index in [1.54, 1.807) is 0 Å². The van der Waals surface area contributed by atoms with Crippen LogP contribution in [0.3, 0.4) is 0 Å². The summed E-state index contributed by atoms with van der Waals surface area (Å²) in [7, 11) is 2.13. The zero-order valence-corrected chi connectivity index (χ0v) is 11.5. The van der Waals surface area contributed by atoms with Gasteiger partial charge in [-0.2, -0.15) is 5.10 Å². The lowest BCUT2D eigenvalue weighted by atomic mass is 10.1. The number of ether oxygens (including phenoxy) is 1. The lowest BCUT2D eigenvalue weighted by Gasteiger charge is -2.16. The predicted molar refractivity (Wildman–Crippen MR) is 70.3 cm³/mol. The van der Waals surface area contributed by atoms with Crippen molar-refractivity contribution in [2.45, 2.75) is 51.7 Å². The summed E-state index contributed by atoms with van der Waals surface area (Å²) in [6, 6.07) is 0. The van der Waals surface area contributed by atoms with E-state index < -0.39 is 0 Å². The Morgan fingerprint density at radius 3 is 3.06 bits per heavy atom. The zero-order valence-electron chi connectivity index (χ0n) is 11.5. The molecule has 1 aromatic heterocycles. The minimum Gasteiger partial charge on any atom is -0.378 e. The average molecular weight is 252 g/mol. The van der Waals surface area contributed by atoms with Crippen LogP contribution in [-0.4, -0.2) is 46.4 Å². The van der Waals surface area contributed by atoms with E-state index in [-0.39, 0.29) is 0 Å². The molecule has 0 radical (unpaired) electrons. The number of nitrogens with one attached hydrogen (secondary N) is 1. The molecule has 0 spiro atoms. The molecule has 1 aliphatic heterocycles. The fourth-order valence-corrected chi connectivity index (χ4v) is 2.36. The molecule has 18 heavy (non-hydrogen) atoms. The minimum atomic E-state index is 0.510. The first-order chi connectivity index (χ1) is 8.78. The summed E-state index contributed by atoms with van der Waals surface area (Å²) in [6.45, 7) is 4.96. The molecule has 5 heteroatoms. The maximum absolute atomic E-state index is 5.62. The van der Waals surface area contributed by atoms with Gasteiger partial charge in [0, 0.05) is 13.0 Å². The lowest BCUT2D eigenvalue weighted by Crippen LogP contribution is -2.21. The highest BCUT2D eigenvalue weighted by Gasteiger charge is 2.15. The van der Waals surface area contributed by atoms with Gasteiger partial charge >= 0.3 is 0 Å². The number of rotatable bonds is 7. The fourth-order valence-electron chi connectivity index (χ4n) is 2.36. The van der Waals surface area contributed by atoms with Gasteiger partial charge < -0.3 is 4.74 Å². The van der Waals surface area contributed by atoms with Gasteiger partial charge in [-0.25, -0.2) is 4.98 Å². The van der Waals surface area contributed by atoms with Crippen molar-refractivity contribution >= 4 is 0 Å². The van der Waals surface area contributed by atoms with Crippen molar-refractivity contribution in [3.05, 3.63) is 11.6 Å². The molecule has 1 aliphatic rings. The molecule has 0 saturated carbocycles. The third-order valence-corrected chi connectivity index (χ3v) is 3.40. The summed E-state index contributed by atoms with van der Waals surface area (Å²) < 4.78 is 5.62. The topological polar surface area (TPSA) is 54.0 Å². The van der Waals surface area contributed by atoms with Crippen LogP contribution >= 0.6 is 0 Å². The fraction of sp³-hybridized carbons (Fsp3) is 0.846. The summed E-state index contributed by atoms with van der Waals surface area (Å²) in [5.41, 5.74) is 0. The van der Waals surface area contributed by atoms with Gasteiger partial charge in [0.05, 0.1) is 12.6 Å². The van der Waals surface area contributed by atoms with E-state index in [1.165, 1.54) is 25.7 Å². The third-order valence-electron chi connectivity index (χ3n) is 3.40. The quantitative estimate of drug-likeness (QED) is 0.803. The van der Waals surface area contributed by atoms with Crippen LogP contribution in [-0.2, 0) is 17.7 Å². The molecule has 0 amide bonds. The molecule has 5 nitrogen and oxygen atoms in total. The van der Waals surface area contributed by atoms with Gasteiger partial charge in [0.2, 0.25) is 0 Å². The van der Waals surface area contributed by atoms with Crippen LogP contribution in [0.5, 0.6) is 0 Å². The summed E-state index contributed by atoms with van der Waals surface area (Å²) in [4.78, 5) is 6.71. The Balaban J connectivity index is 1.63. The van der Waals surface area contributed by atoms with Crippen molar-refractivity contribution in [3.8, 4) is 0 Å². The largest absolute Gasteiger partial charge is 0.378 e. The molecule has 2 heterocycles. The molecule has 0 bridgehead atoms. The van der Waals surface area contributed by atoms with Crippen molar-refractivity contribution in [2.24, 2.45) is 0 Å². The monoisotopic (exact) mass is 252 g/mol. The second-order valence-corrected chi connectivity index (χ2v) is 5.07. The number of nitrogens with zero attached hydrogens (tertiary/aromatic N) is 3. The SMILES string of the molecule is CCc1n[nH]c(CN(C)CCCC2CCCO2)n1. The second-order valence-electron chi connectivity index (χ2n) is 5.07. The molecular formula is C13H24N4O. The van der Waals surface area contributed by atoms with E-state index in [4.69, 9.17) is 4.74 Å². The number of aromatic nitrogens is 3. The predicted octanol–water partition coefficient (Wildman–Crippen LogP) is 1.76. The van der Waals surface area contributed by atoms with Crippen molar-refractivity contribution in [3.63, 3.8) is 0 Å². The average Bonchev–Trinajstić information content (AvgIpc) is 3.00. The highest BCUT2D eigenvalue weighted by Crippen LogP contribution is 2.16. The number of H-pyrrole nitrogens is 1. The van der Waals surface area contributed by atoms with Crippen LogP contribution in [0.2, 0.25) is 0 Å². The summed E-state index contributed by atoms with van der Waals surface area (Å²) >= 11 is 0. The Bertz CT molecular complexity index is 347. The molecule has 0 aliphatic carbocycles. The van der Waals surface area contributed by atoms with Crippen molar-refractivity contribution < 1.29 is 4.74 Å². The van der Waals surface area contributed by atoms with E-state index in [9.17, 15) is 0 Å². The van der Waals surface area contributed by atoms with Crippen LogP contribution < -0.4 is 0 Å². The maximum atomic E-state index is 5.62. The summed E-state index contributed by atoms with van der Waals surface area (Å²) in [6.07, 6.45) is 6.25. The van der Waals surface area contributed by atoms with Crippen LogP contribution in [0.1, 0.15) is 44.3 Å². The Morgan fingerprint density at radius 1 is 1.50 bits per heavy atom. The molecule has 1 atom stereocenters. The Hall–Kier alpha value is -0.940. The number of hydrogen-bond donors (Lipinski definition) is 1. The summed E-state index contributed by atoms with van der Waals surface area (Å²) in [5.74, 6) is 1.87. The summed E-state index contributed by atoms with van der Waals surface area (Å²) in [5, 5.41) is 7.14. The third kappa shape index (κ3) is 4.07. The first-order valence-electron chi connectivity index (χ1n) is 6.98. The highest BCUT2D eigenvalue weighted by molar-refractivity contribution is 4.89. The van der Waals surface area contributed by atoms with Crippen LogP contribution in [0.4, 0.5) is 0 Å². The van der Waals surface area contributed by atoms with Gasteiger partial charge in [0.15, 0.2) is 0 Å². The Kier molecular flexibility index (Phi) is 5.13. The molecule has 102 valence electrons. The second kappa shape index (κ2) is 6.85. The molecular weight excluding hydrogens is 228 g/mol. The van der Waals surface area contributed by atoms with E-state index in [0.717, 1.165) is 37.8 Å². The Labute approximate surface area is 109 Å². The number of aromatic amines is 1. The van der Waals surface area contributed by atoms with Gasteiger partial charge in [-0.1, -0.05) is 6.92 Å². The molecule has 1 unspecified atom stereocenters. The highest BCUT2D eigenvalue weighted by atomic mass is 16.5. The number of aryl methyl sites for hydroxylation is 1. The van der Waals surface area contributed by atoms with Crippen LogP contribution in [0.25, 0.3) is 0 Å². The standard InChI is InChI=1S/C13H24N4O/c1-3-12-14-13(16-15-12)10-17(2)8-4-6-11-7-5-9-18-11/h11H,3-10H2,1-2H3,(H,14,15,16). The first-order valence-corrected chi connectivity index (χ1v) is 6.98. The van der Waals surface area contributed by atoms with Crippen LogP contribution in [0.15, 0.2) is 0 Å². The minimum absolute atomic E-state index is 0.510. The Morgan fingerprint density at radius 2 is 2.39 bits per heavy atom. The number of hydrogen-bond acceptors (Lipinski definition) is 4. The normalized spacial score (nSPS) is 19.8. The zero-order chi connectivity index (χ0) is 12.8. The first kappa shape index (κ1) is 13.5. The molecule has 1 aromatic rings. The van der Waals surface area contributed by atoms with E-state index in [1.807, 2.05) is 0 Å². The van der Waals surface area contributed by atoms with Crippen molar-refractivity contribution in [1.82, 2.24) is 20.1 Å². The van der Waals surface area contributed by atoms with Crippen LogP contribution in [0, 0.1) is 0 Å². The molecule has 1 N–H and O–H groups in total. The van der Waals surface area contributed by atoms with Gasteiger partial charge in [-0.05, 0) is 39.3 Å².